The van der Waals surface area contributed by atoms with Gasteiger partial charge in [-0.15, -0.1) is 0 Å². The van der Waals surface area contributed by atoms with Crippen LogP contribution in [-0.2, 0) is 10.0 Å². The second-order valence-corrected chi connectivity index (χ2v) is 6.13. The molecule has 3 N–H and O–H groups in total. The number of aromatic nitrogens is 1. The van der Waals surface area contributed by atoms with Crippen molar-refractivity contribution in [1.29, 1.82) is 0 Å². The van der Waals surface area contributed by atoms with E-state index in [2.05, 4.69) is 9.71 Å². The number of halogens is 2. The molecule has 0 aliphatic heterocycles. The number of anilines is 2. The smallest absolute Gasteiger partial charge is 0.263 e. The largest absolute Gasteiger partial charge is 0.396 e. The lowest BCUT2D eigenvalue weighted by Gasteiger charge is -2.11. The summed E-state index contributed by atoms with van der Waals surface area (Å²) in [6.45, 7) is 1.47. The first-order valence-corrected chi connectivity index (χ1v) is 7.37. The molecule has 106 valence electrons. The summed E-state index contributed by atoms with van der Waals surface area (Å²) in [6.07, 6.45) is 0. The molecule has 1 heterocycles. The number of nitrogens with zero attached hydrogens (tertiary/aromatic N) is 1. The Morgan fingerprint density at radius 2 is 2.05 bits per heavy atom. The van der Waals surface area contributed by atoms with E-state index in [1.165, 1.54) is 19.1 Å². The summed E-state index contributed by atoms with van der Waals surface area (Å²) in [6, 6.07) is 6.65. The standard InChI is InChI=1S/C12H11ClFN3O2S/c1-7-5-8(14)9(15)6-10(7)20(18,19)17-12-4-2-3-11(13)16-12/h2-6H,15H2,1H3,(H,16,17). The molecule has 0 fully saturated rings. The Hall–Kier alpha value is -1.86. The molecule has 0 amide bonds. The molecule has 8 heteroatoms. The van der Waals surface area contributed by atoms with Crippen LogP contribution in [0.2, 0.25) is 5.15 Å². The van der Waals surface area contributed by atoms with Crippen molar-refractivity contribution in [1.82, 2.24) is 4.98 Å². The zero-order valence-electron chi connectivity index (χ0n) is 10.4. The molecule has 5 nitrogen and oxygen atoms in total. The third kappa shape index (κ3) is 3.00. The second kappa shape index (κ2) is 5.26. The predicted molar refractivity (Wildman–Crippen MR) is 75.6 cm³/mol. The molecule has 0 bridgehead atoms. The Kier molecular flexibility index (Phi) is 3.82. The number of sulfonamides is 1. The number of nitrogens with two attached hydrogens (primary N) is 1. The van der Waals surface area contributed by atoms with E-state index in [4.69, 9.17) is 17.3 Å². The molecule has 0 unspecified atom stereocenters. The quantitative estimate of drug-likeness (QED) is 0.673. The number of rotatable bonds is 3. The summed E-state index contributed by atoms with van der Waals surface area (Å²) in [4.78, 5) is 3.71. The summed E-state index contributed by atoms with van der Waals surface area (Å²) in [5, 5.41) is 0.153. The molecule has 1 aromatic carbocycles. The van der Waals surface area contributed by atoms with Crippen LogP contribution in [0.25, 0.3) is 0 Å². The van der Waals surface area contributed by atoms with Crippen molar-refractivity contribution in [3.8, 4) is 0 Å². The molecule has 0 saturated heterocycles. The van der Waals surface area contributed by atoms with Crippen LogP contribution in [0, 0.1) is 12.7 Å². The molecule has 0 aliphatic rings. The van der Waals surface area contributed by atoms with Crippen LogP contribution in [-0.4, -0.2) is 13.4 Å². The SMILES string of the molecule is Cc1cc(F)c(N)cc1S(=O)(=O)Nc1cccc(Cl)n1. The molecule has 0 radical (unpaired) electrons. The normalized spacial score (nSPS) is 11.3. The minimum atomic E-state index is -3.92. The Balaban J connectivity index is 2.43. The fourth-order valence-corrected chi connectivity index (χ4v) is 3.04. The van der Waals surface area contributed by atoms with Crippen molar-refractivity contribution in [2.45, 2.75) is 11.8 Å². The van der Waals surface area contributed by atoms with E-state index in [-0.39, 0.29) is 27.1 Å². The highest BCUT2D eigenvalue weighted by molar-refractivity contribution is 7.92. The van der Waals surface area contributed by atoms with Gasteiger partial charge in [0, 0.05) is 0 Å². The van der Waals surface area contributed by atoms with Gasteiger partial charge in [-0.1, -0.05) is 17.7 Å². The summed E-state index contributed by atoms with van der Waals surface area (Å²) >= 11 is 5.68. The van der Waals surface area contributed by atoms with E-state index in [0.717, 1.165) is 12.1 Å². The number of aryl methyl sites for hydroxylation is 1. The van der Waals surface area contributed by atoms with E-state index in [0.29, 0.717) is 0 Å². The molecule has 0 spiro atoms. The number of hydrogen-bond acceptors (Lipinski definition) is 4. The van der Waals surface area contributed by atoms with Crippen LogP contribution in [0.3, 0.4) is 0 Å². The maximum Gasteiger partial charge on any atom is 0.263 e. The Morgan fingerprint density at radius 1 is 1.35 bits per heavy atom. The molecule has 20 heavy (non-hydrogen) atoms. The highest BCUT2D eigenvalue weighted by atomic mass is 35.5. The Morgan fingerprint density at radius 3 is 2.70 bits per heavy atom. The minimum absolute atomic E-state index is 0.0693. The lowest BCUT2D eigenvalue weighted by atomic mass is 10.2. The van der Waals surface area contributed by atoms with Crippen molar-refractivity contribution in [2.24, 2.45) is 0 Å². The molecule has 0 saturated carbocycles. The summed E-state index contributed by atoms with van der Waals surface area (Å²) < 4.78 is 40.0. The van der Waals surface area contributed by atoms with Crippen molar-refractivity contribution in [3.63, 3.8) is 0 Å². The highest BCUT2D eigenvalue weighted by Gasteiger charge is 2.19. The molecule has 2 aromatic rings. The van der Waals surface area contributed by atoms with Crippen LogP contribution in [0.15, 0.2) is 35.2 Å². The maximum atomic E-state index is 13.3. The number of benzene rings is 1. The van der Waals surface area contributed by atoms with E-state index < -0.39 is 15.8 Å². The van der Waals surface area contributed by atoms with Gasteiger partial charge >= 0.3 is 0 Å². The van der Waals surface area contributed by atoms with Gasteiger partial charge in [-0.2, -0.15) is 0 Å². The van der Waals surface area contributed by atoms with Crippen LogP contribution in [0.5, 0.6) is 0 Å². The van der Waals surface area contributed by atoms with Crippen molar-refractivity contribution < 1.29 is 12.8 Å². The van der Waals surface area contributed by atoms with E-state index >= 15 is 0 Å². The van der Waals surface area contributed by atoms with Crippen molar-refractivity contribution >= 4 is 33.1 Å². The lowest BCUT2D eigenvalue weighted by Crippen LogP contribution is -2.16. The van der Waals surface area contributed by atoms with Gasteiger partial charge in [-0.25, -0.2) is 17.8 Å². The first-order chi connectivity index (χ1) is 9.29. The number of hydrogen-bond donors (Lipinski definition) is 2. The molecular weight excluding hydrogens is 305 g/mol. The number of nitrogens with one attached hydrogen (secondary N) is 1. The molecule has 1 aromatic heterocycles. The molecule has 0 aliphatic carbocycles. The van der Waals surface area contributed by atoms with E-state index in [1.54, 1.807) is 6.07 Å². The maximum absolute atomic E-state index is 13.3. The van der Waals surface area contributed by atoms with Crippen molar-refractivity contribution in [3.05, 3.63) is 46.9 Å². The zero-order chi connectivity index (χ0) is 14.9. The lowest BCUT2D eigenvalue weighted by molar-refractivity contribution is 0.599. The first kappa shape index (κ1) is 14.5. The van der Waals surface area contributed by atoms with Gasteiger partial charge in [0.05, 0.1) is 10.6 Å². The Bertz CT molecular complexity index is 765. The molecule has 2 rings (SSSR count). The average molecular weight is 316 g/mol. The van der Waals surface area contributed by atoms with Crippen LogP contribution < -0.4 is 10.5 Å². The third-order valence-corrected chi connectivity index (χ3v) is 4.25. The molecule has 0 atom stereocenters. The topological polar surface area (TPSA) is 85.1 Å². The van der Waals surface area contributed by atoms with Crippen LogP contribution >= 0.6 is 11.6 Å². The zero-order valence-corrected chi connectivity index (χ0v) is 12.0. The van der Waals surface area contributed by atoms with Gasteiger partial charge in [0.2, 0.25) is 0 Å². The van der Waals surface area contributed by atoms with Gasteiger partial charge in [-0.3, -0.25) is 4.72 Å². The van der Waals surface area contributed by atoms with Crippen LogP contribution in [0.1, 0.15) is 5.56 Å². The fourth-order valence-electron chi connectivity index (χ4n) is 1.62. The van der Waals surface area contributed by atoms with Gasteiger partial charge in [-0.05, 0) is 36.8 Å². The predicted octanol–water partition coefficient (Wildman–Crippen LogP) is 2.57. The first-order valence-electron chi connectivity index (χ1n) is 5.50. The molecular formula is C12H11ClFN3O2S. The van der Waals surface area contributed by atoms with Crippen LogP contribution in [0.4, 0.5) is 15.9 Å². The van der Waals surface area contributed by atoms with Gasteiger partial charge in [0.15, 0.2) is 0 Å². The van der Waals surface area contributed by atoms with Gasteiger partial charge in [0.25, 0.3) is 10.0 Å². The van der Waals surface area contributed by atoms with Crippen molar-refractivity contribution in [2.75, 3.05) is 10.5 Å². The number of nitrogen functional groups attached to an aromatic ring is 1. The fraction of sp³-hybridized carbons (Fsp3) is 0.0833. The van der Waals surface area contributed by atoms with Gasteiger partial charge in [0.1, 0.15) is 16.8 Å². The van der Waals surface area contributed by atoms with E-state index in [1.807, 2.05) is 0 Å². The average Bonchev–Trinajstić information content (AvgIpc) is 2.33. The number of pyridine rings is 1. The summed E-state index contributed by atoms with van der Waals surface area (Å²) in [5.41, 5.74) is 5.40. The Labute approximate surface area is 120 Å². The van der Waals surface area contributed by atoms with E-state index in [9.17, 15) is 12.8 Å². The monoisotopic (exact) mass is 315 g/mol. The summed E-state index contributed by atoms with van der Waals surface area (Å²) in [7, 11) is -3.92. The van der Waals surface area contributed by atoms with Gasteiger partial charge < -0.3 is 5.73 Å². The highest BCUT2D eigenvalue weighted by Crippen LogP contribution is 2.23. The summed E-state index contributed by atoms with van der Waals surface area (Å²) in [5.74, 6) is -0.595. The minimum Gasteiger partial charge on any atom is -0.396 e. The third-order valence-electron chi connectivity index (χ3n) is 2.54. The second-order valence-electron chi connectivity index (χ2n) is 4.09.